The third-order valence-electron chi connectivity index (χ3n) is 4.83. The average molecular weight is 236 g/mol. The number of unbranched alkanes of at least 4 members (excludes halogenated alkanes) is 1. The predicted octanol–water partition coefficient (Wildman–Crippen LogP) is 2.12. The molecule has 0 aromatic heterocycles. The molecular formula is C14H24N2O. The van der Waals surface area contributed by atoms with Crippen molar-refractivity contribution in [3.8, 4) is 0 Å². The lowest BCUT2D eigenvalue weighted by atomic mass is 10.00. The van der Waals surface area contributed by atoms with E-state index in [0.717, 1.165) is 32.0 Å². The molecule has 3 rings (SSSR count). The molecule has 3 heteroatoms. The van der Waals surface area contributed by atoms with Gasteiger partial charge in [-0.05, 0) is 43.4 Å². The van der Waals surface area contributed by atoms with E-state index in [0.29, 0.717) is 11.3 Å². The topological polar surface area (TPSA) is 32.3 Å². The maximum absolute atomic E-state index is 12.2. The zero-order valence-corrected chi connectivity index (χ0v) is 10.9. The summed E-state index contributed by atoms with van der Waals surface area (Å²) in [6.07, 6.45) is 8.90. The quantitative estimate of drug-likeness (QED) is 0.766. The normalized spacial score (nSPS) is 31.0. The summed E-state index contributed by atoms with van der Waals surface area (Å²) in [6, 6.07) is 0.116. The van der Waals surface area contributed by atoms with E-state index in [1.54, 1.807) is 0 Å². The maximum atomic E-state index is 12.2. The van der Waals surface area contributed by atoms with Crippen molar-refractivity contribution < 1.29 is 4.79 Å². The first-order chi connectivity index (χ1) is 8.25. The number of carbonyl (C=O) groups excluding carboxylic acids is 1. The fourth-order valence-electron chi connectivity index (χ4n) is 3.31. The van der Waals surface area contributed by atoms with E-state index in [4.69, 9.17) is 0 Å². The molecule has 2 saturated carbocycles. The zero-order chi connectivity index (χ0) is 11.9. The first-order valence-corrected chi connectivity index (χ1v) is 7.27. The van der Waals surface area contributed by atoms with Gasteiger partial charge in [0.25, 0.3) is 0 Å². The molecule has 1 atom stereocenters. The minimum Gasteiger partial charge on any atom is -0.328 e. The summed E-state index contributed by atoms with van der Waals surface area (Å²) in [4.78, 5) is 14.3. The van der Waals surface area contributed by atoms with Gasteiger partial charge in [-0.3, -0.25) is 10.1 Å². The van der Waals surface area contributed by atoms with Crippen LogP contribution in [0.3, 0.4) is 0 Å². The molecule has 2 aliphatic carbocycles. The molecule has 3 aliphatic rings. The van der Waals surface area contributed by atoms with Gasteiger partial charge < -0.3 is 4.90 Å². The largest absolute Gasteiger partial charge is 0.328 e. The molecule has 0 aromatic carbocycles. The number of hydrogen-bond acceptors (Lipinski definition) is 2. The molecule has 1 aliphatic heterocycles. The van der Waals surface area contributed by atoms with E-state index in [1.165, 1.54) is 32.1 Å². The van der Waals surface area contributed by atoms with Crippen molar-refractivity contribution in [2.75, 3.05) is 13.2 Å². The molecule has 17 heavy (non-hydrogen) atoms. The van der Waals surface area contributed by atoms with Gasteiger partial charge in [0, 0.05) is 6.54 Å². The minimum atomic E-state index is 0.116. The van der Waals surface area contributed by atoms with Gasteiger partial charge in [-0.15, -0.1) is 0 Å². The van der Waals surface area contributed by atoms with Gasteiger partial charge in [0.15, 0.2) is 0 Å². The Labute approximate surface area is 104 Å². The van der Waals surface area contributed by atoms with Crippen LogP contribution in [0.25, 0.3) is 0 Å². The van der Waals surface area contributed by atoms with Crippen LogP contribution in [0.5, 0.6) is 0 Å². The van der Waals surface area contributed by atoms with Gasteiger partial charge in [0.1, 0.15) is 0 Å². The second-order valence-corrected chi connectivity index (χ2v) is 6.23. The summed E-state index contributed by atoms with van der Waals surface area (Å²) in [5.74, 6) is 1.32. The monoisotopic (exact) mass is 236 g/mol. The minimum absolute atomic E-state index is 0.116. The van der Waals surface area contributed by atoms with Crippen molar-refractivity contribution in [1.29, 1.82) is 0 Å². The summed E-state index contributed by atoms with van der Waals surface area (Å²) in [7, 11) is 0. The highest BCUT2D eigenvalue weighted by Crippen LogP contribution is 2.61. The highest BCUT2D eigenvalue weighted by atomic mass is 16.2. The average Bonchev–Trinajstić information content (AvgIpc) is 3.19. The number of nitrogens with one attached hydrogen (secondary N) is 1. The van der Waals surface area contributed by atoms with Crippen LogP contribution in [0.15, 0.2) is 0 Å². The Balaban J connectivity index is 1.53. The van der Waals surface area contributed by atoms with E-state index in [-0.39, 0.29) is 6.04 Å². The SMILES string of the molecule is CCCCC1NCN(CC2(C3CC3)CC2)C1=O. The van der Waals surface area contributed by atoms with Gasteiger partial charge in [-0.1, -0.05) is 19.8 Å². The first kappa shape index (κ1) is 11.5. The van der Waals surface area contributed by atoms with Crippen LogP contribution in [0, 0.1) is 11.3 Å². The van der Waals surface area contributed by atoms with Crippen LogP contribution in [-0.4, -0.2) is 30.1 Å². The fraction of sp³-hybridized carbons (Fsp3) is 0.929. The Morgan fingerprint density at radius 1 is 1.41 bits per heavy atom. The Hall–Kier alpha value is -0.570. The first-order valence-electron chi connectivity index (χ1n) is 7.27. The van der Waals surface area contributed by atoms with Gasteiger partial charge in [-0.2, -0.15) is 0 Å². The molecule has 1 N–H and O–H groups in total. The smallest absolute Gasteiger partial charge is 0.240 e. The van der Waals surface area contributed by atoms with E-state index in [1.807, 2.05) is 0 Å². The summed E-state index contributed by atoms with van der Waals surface area (Å²) in [5, 5.41) is 3.38. The molecule has 1 amide bonds. The van der Waals surface area contributed by atoms with Crippen molar-refractivity contribution in [1.82, 2.24) is 10.2 Å². The zero-order valence-electron chi connectivity index (χ0n) is 10.9. The number of rotatable bonds is 6. The van der Waals surface area contributed by atoms with Crippen LogP contribution >= 0.6 is 0 Å². The third kappa shape index (κ3) is 2.22. The lowest BCUT2D eigenvalue weighted by molar-refractivity contribution is -0.129. The second kappa shape index (κ2) is 4.27. The van der Waals surface area contributed by atoms with Crippen LogP contribution in [0.4, 0.5) is 0 Å². The molecule has 1 unspecified atom stereocenters. The van der Waals surface area contributed by atoms with Crippen LogP contribution in [-0.2, 0) is 4.79 Å². The molecule has 1 saturated heterocycles. The predicted molar refractivity (Wildman–Crippen MR) is 67.4 cm³/mol. The summed E-state index contributed by atoms with van der Waals surface area (Å²) < 4.78 is 0. The Bertz CT molecular complexity index is 307. The molecule has 3 fully saturated rings. The molecule has 96 valence electrons. The van der Waals surface area contributed by atoms with Gasteiger partial charge >= 0.3 is 0 Å². The van der Waals surface area contributed by atoms with Gasteiger partial charge in [0.05, 0.1) is 12.7 Å². The lowest BCUT2D eigenvalue weighted by Gasteiger charge is -2.22. The molecule has 3 nitrogen and oxygen atoms in total. The van der Waals surface area contributed by atoms with Crippen LogP contribution in [0.2, 0.25) is 0 Å². The second-order valence-electron chi connectivity index (χ2n) is 6.23. The van der Waals surface area contributed by atoms with E-state index in [9.17, 15) is 4.79 Å². The Kier molecular flexibility index (Phi) is 2.89. The standard InChI is InChI=1S/C14H24N2O/c1-2-3-4-12-13(17)16(10-15-12)9-14(7-8-14)11-5-6-11/h11-12,15H,2-10H2,1H3. The van der Waals surface area contributed by atoms with Crippen molar-refractivity contribution in [3.05, 3.63) is 0 Å². The van der Waals surface area contributed by atoms with E-state index >= 15 is 0 Å². The number of hydrogen-bond donors (Lipinski definition) is 1. The van der Waals surface area contributed by atoms with Crippen LogP contribution in [0.1, 0.15) is 51.9 Å². The molecule has 0 aromatic rings. The van der Waals surface area contributed by atoms with E-state index in [2.05, 4.69) is 17.1 Å². The Morgan fingerprint density at radius 3 is 2.76 bits per heavy atom. The molecule has 1 heterocycles. The van der Waals surface area contributed by atoms with Crippen molar-refractivity contribution >= 4 is 5.91 Å². The molecule has 0 bridgehead atoms. The van der Waals surface area contributed by atoms with Crippen LogP contribution < -0.4 is 5.32 Å². The molecule has 0 radical (unpaired) electrons. The fourth-order valence-corrected chi connectivity index (χ4v) is 3.31. The summed E-state index contributed by atoms with van der Waals surface area (Å²) in [5.41, 5.74) is 0.553. The molecular weight excluding hydrogens is 212 g/mol. The number of carbonyl (C=O) groups is 1. The number of nitrogens with zero attached hydrogens (tertiary/aromatic N) is 1. The van der Waals surface area contributed by atoms with Gasteiger partial charge in [-0.25, -0.2) is 0 Å². The van der Waals surface area contributed by atoms with Crippen molar-refractivity contribution in [2.24, 2.45) is 11.3 Å². The van der Waals surface area contributed by atoms with Gasteiger partial charge in [0.2, 0.25) is 5.91 Å². The highest BCUT2D eigenvalue weighted by molar-refractivity contribution is 5.83. The van der Waals surface area contributed by atoms with E-state index < -0.39 is 0 Å². The summed E-state index contributed by atoms with van der Waals surface area (Å²) in [6.45, 7) is 4.01. The Morgan fingerprint density at radius 2 is 2.18 bits per heavy atom. The van der Waals surface area contributed by atoms with Crippen molar-refractivity contribution in [3.63, 3.8) is 0 Å². The lowest BCUT2D eigenvalue weighted by Crippen LogP contribution is -2.35. The summed E-state index contributed by atoms with van der Waals surface area (Å²) >= 11 is 0. The third-order valence-corrected chi connectivity index (χ3v) is 4.83. The maximum Gasteiger partial charge on any atom is 0.240 e. The highest BCUT2D eigenvalue weighted by Gasteiger charge is 2.55. The molecule has 0 spiro atoms. The van der Waals surface area contributed by atoms with Crippen molar-refractivity contribution in [2.45, 2.75) is 57.9 Å². The number of amides is 1.